The van der Waals surface area contributed by atoms with Gasteiger partial charge in [-0.15, -0.1) is 12.4 Å². The number of hydrogen-bond acceptors (Lipinski definition) is 5. The second kappa shape index (κ2) is 7.44. The zero-order chi connectivity index (χ0) is 19.4. The largest absolute Gasteiger partial charge is 0.352 e. The lowest BCUT2D eigenvalue weighted by Gasteiger charge is -2.33. The first-order valence-corrected chi connectivity index (χ1v) is 9.50. The molecule has 5 rings (SSSR count). The lowest BCUT2D eigenvalue weighted by molar-refractivity contribution is 0.251. The number of aromatic amines is 1. The van der Waals surface area contributed by atoms with E-state index in [1.165, 1.54) is 0 Å². The lowest BCUT2D eigenvalue weighted by atomic mass is 10.0. The van der Waals surface area contributed by atoms with Crippen molar-refractivity contribution in [3.63, 3.8) is 0 Å². The molecule has 0 amide bonds. The first kappa shape index (κ1) is 19.9. The fraction of sp³-hybridized carbons (Fsp3) is 0.316. The Balaban J connectivity index is 0.00000205. The van der Waals surface area contributed by atoms with E-state index in [4.69, 9.17) is 17.3 Å². The molecule has 152 valence electrons. The number of benzene rings is 1. The molecule has 3 N–H and O–H groups in total. The van der Waals surface area contributed by atoms with E-state index in [1.807, 2.05) is 36.5 Å². The Labute approximate surface area is 177 Å². The van der Waals surface area contributed by atoms with E-state index in [2.05, 4.69) is 20.1 Å². The molecule has 0 spiro atoms. The molecule has 1 saturated heterocycles. The maximum atomic E-state index is 14.0. The van der Waals surface area contributed by atoms with E-state index in [0.717, 1.165) is 27.5 Å². The zero-order valence-corrected chi connectivity index (χ0v) is 17.2. The Bertz CT molecular complexity index is 1190. The van der Waals surface area contributed by atoms with Gasteiger partial charge in [-0.25, -0.2) is 14.4 Å². The minimum atomic E-state index is -1.06. The van der Waals surface area contributed by atoms with Gasteiger partial charge in [0, 0.05) is 48.5 Å². The number of aryl methyl sites for hydroxylation is 1. The van der Waals surface area contributed by atoms with Gasteiger partial charge in [-0.05, 0) is 12.5 Å². The topological polar surface area (TPSA) is 88.7 Å². The molecule has 1 aliphatic heterocycles. The third-order valence-corrected chi connectivity index (χ3v) is 5.72. The van der Waals surface area contributed by atoms with Crippen LogP contribution < -0.4 is 10.6 Å². The molecule has 0 aliphatic carbocycles. The van der Waals surface area contributed by atoms with Crippen LogP contribution in [0.3, 0.4) is 0 Å². The van der Waals surface area contributed by atoms with E-state index in [9.17, 15) is 4.39 Å². The monoisotopic (exact) mass is 435 g/mol. The molecule has 1 aromatic carbocycles. The van der Waals surface area contributed by atoms with Gasteiger partial charge in [0.2, 0.25) is 0 Å². The number of halogens is 3. The number of rotatable bonds is 2. The summed E-state index contributed by atoms with van der Waals surface area (Å²) in [5, 5.41) is 5.90. The standard InChI is InChI=1S/C19H19ClFN7.ClH/c1-27-8-12-15(26-27)3-2-10(17(12)20)11-6-24-19-18(11)23-7-16(25-19)28-5-4-14(22)13(21)9-28;/h2-3,6-8,13-14H,4-5,9,22H2,1H3,(H,24,25);1H/t13-,14-;/m0./s1. The fourth-order valence-corrected chi connectivity index (χ4v) is 4.07. The van der Waals surface area contributed by atoms with Gasteiger partial charge in [0.05, 0.1) is 23.3 Å². The Morgan fingerprint density at radius 2 is 2.14 bits per heavy atom. The average Bonchev–Trinajstić information content (AvgIpc) is 3.27. The Morgan fingerprint density at radius 3 is 2.93 bits per heavy atom. The average molecular weight is 436 g/mol. The first-order valence-electron chi connectivity index (χ1n) is 9.12. The van der Waals surface area contributed by atoms with Crippen molar-refractivity contribution in [1.82, 2.24) is 24.7 Å². The highest BCUT2D eigenvalue weighted by atomic mass is 35.5. The van der Waals surface area contributed by atoms with Crippen molar-refractivity contribution < 1.29 is 4.39 Å². The number of aromatic nitrogens is 5. The number of nitrogens with zero attached hydrogens (tertiary/aromatic N) is 5. The molecule has 7 nitrogen and oxygen atoms in total. The number of anilines is 1. The maximum Gasteiger partial charge on any atom is 0.159 e. The third-order valence-electron chi connectivity index (χ3n) is 5.31. The third kappa shape index (κ3) is 3.31. The molecular weight excluding hydrogens is 416 g/mol. The molecule has 4 aromatic rings. The van der Waals surface area contributed by atoms with Crippen LogP contribution in [0.5, 0.6) is 0 Å². The highest BCUT2D eigenvalue weighted by Gasteiger charge is 2.27. The predicted octanol–water partition coefficient (Wildman–Crippen LogP) is 3.46. The van der Waals surface area contributed by atoms with Crippen LogP contribution in [0.25, 0.3) is 33.2 Å². The number of piperidine rings is 1. The molecule has 0 radical (unpaired) electrons. The van der Waals surface area contributed by atoms with E-state index in [1.54, 1.807) is 10.9 Å². The van der Waals surface area contributed by atoms with Gasteiger partial charge < -0.3 is 15.6 Å². The normalized spacial score (nSPS) is 19.7. The molecule has 0 saturated carbocycles. The summed E-state index contributed by atoms with van der Waals surface area (Å²) in [6.07, 6.45) is 4.96. The molecule has 2 atom stereocenters. The van der Waals surface area contributed by atoms with E-state index in [-0.39, 0.29) is 19.0 Å². The van der Waals surface area contributed by atoms with Crippen LogP contribution in [-0.4, -0.2) is 50.0 Å². The predicted molar refractivity (Wildman–Crippen MR) is 116 cm³/mol. The highest BCUT2D eigenvalue weighted by molar-refractivity contribution is 6.38. The smallest absolute Gasteiger partial charge is 0.159 e. The van der Waals surface area contributed by atoms with Crippen LogP contribution in [0, 0.1) is 0 Å². The summed E-state index contributed by atoms with van der Waals surface area (Å²) in [7, 11) is 1.87. The zero-order valence-electron chi connectivity index (χ0n) is 15.6. The van der Waals surface area contributed by atoms with Crippen molar-refractivity contribution in [2.75, 3.05) is 18.0 Å². The number of hydrogen-bond donors (Lipinski definition) is 2. The minimum absolute atomic E-state index is 0. The summed E-state index contributed by atoms with van der Waals surface area (Å²) < 4.78 is 15.7. The minimum Gasteiger partial charge on any atom is -0.352 e. The van der Waals surface area contributed by atoms with Gasteiger partial charge in [0.15, 0.2) is 5.65 Å². The van der Waals surface area contributed by atoms with Crippen LogP contribution in [0.1, 0.15) is 6.42 Å². The quantitative estimate of drug-likeness (QED) is 0.503. The molecule has 1 aliphatic rings. The first-order chi connectivity index (χ1) is 13.5. The summed E-state index contributed by atoms with van der Waals surface area (Å²) in [6.45, 7) is 0.900. The van der Waals surface area contributed by atoms with Crippen LogP contribution in [0.2, 0.25) is 5.02 Å². The van der Waals surface area contributed by atoms with E-state index < -0.39 is 12.2 Å². The molecular formula is C19H20Cl2FN7. The molecule has 1 fully saturated rings. The summed E-state index contributed by atoms with van der Waals surface area (Å²) >= 11 is 6.65. The Hall–Kier alpha value is -2.42. The highest BCUT2D eigenvalue weighted by Crippen LogP contribution is 2.37. The fourth-order valence-electron chi connectivity index (χ4n) is 3.76. The van der Waals surface area contributed by atoms with Crippen LogP contribution in [0.15, 0.2) is 30.7 Å². The molecule has 0 bridgehead atoms. The summed E-state index contributed by atoms with van der Waals surface area (Å²) in [6, 6.07) is 3.47. The van der Waals surface area contributed by atoms with Gasteiger partial charge in [0.25, 0.3) is 0 Å². The number of H-pyrrole nitrogens is 1. The van der Waals surface area contributed by atoms with Crippen molar-refractivity contribution >= 4 is 51.9 Å². The SMILES string of the molecule is Cl.Cn1cc2c(Cl)c(-c3c[nH]c4nc(N5CC[C@H](N)[C@@H](F)C5)cnc34)ccc2n1. The second-order valence-electron chi connectivity index (χ2n) is 7.20. The van der Waals surface area contributed by atoms with Gasteiger partial charge in [-0.3, -0.25) is 4.68 Å². The van der Waals surface area contributed by atoms with Crippen LogP contribution in [0.4, 0.5) is 10.2 Å². The summed E-state index contributed by atoms with van der Waals surface area (Å²) in [5.74, 6) is 0.643. The molecule has 0 unspecified atom stereocenters. The maximum absolute atomic E-state index is 14.0. The van der Waals surface area contributed by atoms with Crippen LogP contribution in [-0.2, 0) is 7.05 Å². The molecule has 10 heteroatoms. The number of nitrogens with two attached hydrogens (primary N) is 1. The van der Waals surface area contributed by atoms with Crippen molar-refractivity contribution in [3.05, 3.63) is 35.7 Å². The Kier molecular flexibility index (Phi) is 5.10. The van der Waals surface area contributed by atoms with Gasteiger partial charge in [-0.1, -0.05) is 17.7 Å². The summed E-state index contributed by atoms with van der Waals surface area (Å²) in [4.78, 5) is 14.3. The van der Waals surface area contributed by atoms with E-state index >= 15 is 0 Å². The van der Waals surface area contributed by atoms with Crippen molar-refractivity contribution in [1.29, 1.82) is 0 Å². The van der Waals surface area contributed by atoms with E-state index in [0.29, 0.717) is 29.5 Å². The number of alkyl halides is 1. The Morgan fingerprint density at radius 1 is 1.31 bits per heavy atom. The van der Waals surface area contributed by atoms with Gasteiger partial charge in [-0.2, -0.15) is 5.10 Å². The lowest BCUT2D eigenvalue weighted by Crippen LogP contribution is -2.48. The van der Waals surface area contributed by atoms with Crippen molar-refractivity contribution in [3.8, 4) is 11.1 Å². The van der Waals surface area contributed by atoms with Gasteiger partial charge >= 0.3 is 0 Å². The number of nitrogens with one attached hydrogen (secondary N) is 1. The van der Waals surface area contributed by atoms with Gasteiger partial charge in [0.1, 0.15) is 17.5 Å². The molecule has 3 aromatic heterocycles. The van der Waals surface area contributed by atoms with Crippen molar-refractivity contribution in [2.24, 2.45) is 12.8 Å². The molecule has 4 heterocycles. The van der Waals surface area contributed by atoms with Crippen LogP contribution >= 0.6 is 24.0 Å². The van der Waals surface area contributed by atoms with Crippen molar-refractivity contribution in [2.45, 2.75) is 18.6 Å². The summed E-state index contributed by atoms with van der Waals surface area (Å²) in [5.41, 5.74) is 9.70. The second-order valence-corrected chi connectivity index (χ2v) is 7.58. The molecule has 29 heavy (non-hydrogen) atoms. The number of fused-ring (bicyclic) bond motifs is 2.